The molecular weight excluding hydrogens is 180 g/mol. The van der Waals surface area contributed by atoms with Crippen molar-refractivity contribution in [1.29, 1.82) is 0 Å². The molecule has 0 aliphatic heterocycles. The zero-order valence-corrected chi connectivity index (χ0v) is 9.32. The molecule has 4 heteroatoms. The Morgan fingerprint density at radius 2 is 2.07 bits per heavy atom. The van der Waals surface area contributed by atoms with Crippen LogP contribution < -0.4 is 0 Å². The molecular formula is C10H20N2O2. The average molecular weight is 200 g/mol. The molecule has 14 heavy (non-hydrogen) atoms. The van der Waals surface area contributed by atoms with Gasteiger partial charge in [0.1, 0.15) is 0 Å². The first kappa shape index (κ1) is 13.1. The van der Waals surface area contributed by atoms with E-state index in [4.69, 9.17) is 0 Å². The summed E-state index contributed by atoms with van der Waals surface area (Å²) in [6, 6.07) is 0. The molecule has 82 valence electrons. The summed E-state index contributed by atoms with van der Waals surface area (Å²) in [6.45, 7) is 5.96. The smallest absolute Gasteiger partial charge is 0.190 e. The van der Waals surface area contributed by atoms with Gasteiger partial charge >= 0.3 is 0 Å². The topological polar surface area (TPSA) is 55.5 Å². The van der Waals surface area contributed by atoms with Crippen LogP contribution in [0.2, 0.25) is 0 Å². The van der Waals surface area contributed by atoms with Gasteiger partial charge < -0.3 is 0 Å². The lowest BCUT2D eigenvalue weighted by Crippen LogP contribution is -2.12. The molecule has 0 aliphatic carbocycles. The van der Waals surface area contributed by atoms with Gasteiger partial charge in [0, 0.05) is 5.92 Å². The van der Waals surface area contributed by atoms with Crippen molar-refractivity contribution in [3.63, 3.8) is 0 Å². The van der Waals surface area contributed by atoms with Gasteiger partial charge in [-0.3, -0.25) is 0 Å². The molecule has 0 rings (SSSR count). The molecule has 1 unspecified atom stereocenters. The Bertz CT molecular complexity index is 202. The van der Waals surface area contributed by atoms with E-state index in [1.807, 2.05) is 0 Å². The van der Waals surface area contributed by atoms with Crippen molar-refractivity contribution in [3.05, 3.63) is 10.1 Å². The minimum Gasteiger partial charge on any atom is -0.233 e. The van der Waals surface area contributed by atoms with E-state index in [0.29, 0.717) is 5.71 Å². The first-order valence-corrected chi connectivity index (χ1v) is 5.31. The molecule has 0 radical (unpaired) electrons. The van der Waals surface area contributed by atoms with Crippen LogP contribution >= 0.6 is 0 Å². The molecule has 0 amide bonds. The molecule has 0 heterocycles. The third-order valence-electron chi connectivity index (χ3n) is 2.48. The summed E-state index contributed by atoms with van der Waals surface area (Å²) < 4.78 is 0. The summed E-state index contributed by atoms with van der Waals surface area (Å²) >= 11 is 0. The Morgan fingerprint density at radius 3 is 2.50 bits per heavy atom. The van der Waals surface area contributed by atoms with Crippen LogP contribution in [-0.2, 0) is 0 Å². The summed E-state index contributed by atoms with van der Waals surface area (Å²) in [4.78, 5) is 10.2. The molecule has 0 aromatic heterocycles. The molecule has 0 saturated carbocycles. The van der Waals surface area contributed by atoms with E-state index in [9.17, 15) is 10.1 Å². The van der Waals surface area contributed by atoms with Crippen molar-refractivity contribution in [2.45, 2.75) is 52.9 Å². The Kier molecular flexibility index (Phi) is 6.98. The second kappa shape index (κ2) is 7.47. The van der Waals surface area contributed by atoms with Crippen LogP contribution in [0.25, 0.3) is 0 Å². The quantitative estimate of drug-likeness (QED) is 0.274. The minimum absolute atomic E-state index is 0.284. The molecule has 0 fully saturated rings. The maximum atomic E-state index is 10.2. The molecule has 0 bridgehead atoms. The van der Waals surface area contributed by atoms with Crippen molar-refractivity contribution in [2.24, 2.45) is 11.0 Å². The van der Waals surface area contributed by atoms with E-state index in [2.05, 4.69) is 18.9 Å². The second-order valence-corrected chi connectivity index (χ2v) is 3.58. The van der Waals surface area contributed by atoms with Crippen LogP contribution in [0.3, 0.4) is 0 Å². The number of nitrogens with zero attached hydrogens (tertiary/aromatic N) is 2. The van der Waals surface area contributed by atoms with Crippen LogP contribution in [0.1, 0.15) is 52.9 Å². The van der Waals surface area contributed by atoms with Crippen LogP contribution in [-0.4, -0.2) is 10.7 Å². The van der Waals surface area contributed by atoms with Gasteiger partial charge in [-0.05, 0) is 19.8 Å². The Balaban J connectivity index is 4.05. The molecule has 1 atom stereocenters. The zero-order valence-electron chi connectivity index (χ0n) is 9.32. The number of hydrazone groups is 1. The number of hydrogen-bond acceptors (Lipinski definition) is 2. The zero-order chi connectivity index (χ0) is 11.0. The lowest BCUT2D eigenvalue weighted by Gasteiger charge is -2.11. The van der Waals surface area contributed by atoms with Crippen LogP contribution in [0.5, 0.6) is 0 Å². The maximum Gasteiger partial charge on any atom is 0.190 e. The molecule has 0 aliphatic rings. The van der Waals surface area contributed by atoms with Crippen LogP contribution in [0.15, 0.2) is 5.10 Å². The van der Waals surface area contributed by atoms with Gasteiger partial charge in [0.2, 0.25) is 0 Å². The molecule has 0 N–H and O–H groups in total. The standard InChI is InChI=1S/C10H20N2O2/c1-4-6-7-8-10(5-2)9(3)11-12(13)14/h10H,4-8H2,1-3H3/b11-9-. The van der Waals surface area contributed by atoms with E-state index >= 15 is 0 Å². The van der Waals surface area contributed by atoms with Gasteiger partial charge in [0.05, 0.1) is 10.8 Å². The Labute approximate surface area is 85.5 Å². The lowest BCUT2D eigenvalue weighted by atomic mass is 9.94. The molecule has 0 aromatic carbocycles. The molecule has 0 aromatic rings. The summed E-state index contributed by atoms with van der Waals surface area (Å²) in [5.74, 6) is 0.284. The molecule has 4 nitrogen and oxygen atoms in total. The second-order valence-electron chi connectivity index (χ2n) is 3.58. The number of nitro groups is 1. The molecule has 0 spiro atoms. The van der Waals surface area contributed by atoms with E-state index in [-0.39, 0.29) is 5.92 Å². The Morgan fingerprint density at radius 1 is 1.43 bits per heavy atom. The summed E-state index contributed by atoms with van der Waals surface area (Å²) in [5.41, 5.74) is 0.661. The van der Waals surface area contributed by atoms with Gasteiger partial charge in [-0.1, -0.05) is 33.1 Å². The highest BCUT2D eigenvalue weighted by Gasteiger charge is 2.12. The van der Waals surface area contributed by atoms with Crippen molar-refractivity contribution >= 4 is 5.71 Å². The summed E-state index contributed by atoms with van der Waals surface area (Å²) in [6.07, 6.45) is 5.48. The molecule has 0 saturated heterocycles. The van der Waals surface area contributed by atoms with Crippen molar-refractivity contribution < 1.29 is 5.03 Å². The van der Waals surface area contributed by atoms with Gasteiger partial charge in [0.25, 0.3) is 0 Å². The third-order valence-corrected chi connectivity index (χ3v) is 2.48. The van der Waals surface area contributed by atoms with E-state index in [0.717, 1.165) is 19.3 Å². The van der Waals surface area contributed by atoms with Gasteiger partial charge in [-0.2, -0.15) is 0 Å². The van der Waals surface area contributed by atoms with Crippen LogP contribution in [0, 0.1) is 16.0 Å². The highest BCUT2D eigenvalue weighted by molar-refractivity contribution is 5.83. The van der Waals surface area contributed by atoms with Gasteiger partial charge in [-0.15, -0.1) is 0 Å². The van der Waals surface area contributed by atoms with Crippen LogP contribution in [0.4, 0.5) is 0 Å². The highest BCUT2D eigenvalue weighted by Crippen LogP contribution is 2.15. The predicted octanol–water partition coefficient (Wildman–Crippen LogP) is 3.25. The first-order valence-electron chi connectivity index (χ1n) is 5.31. The monoisotopic (exact) mass is 200 g/mol. The summed E-state index contributed by atoms with van der Waals surface area (Å²) in [7, 11) is 0. The predicted molar refractivity (Wildman–Crippen MR) is 58.0 cm³/mol. The SMILES string of the molecule is CCCCCC(CC)/C(C)=N\[N+](=O)[O-]. The first-order chi connectivity index (χ1) is 6.61. The maximum absolute atomic E-state index is 10.2. The fourth-order valence-corrected chi connectivity index (χ4v) is 1.56. The van der Waals surface area contributed by atoms with E-state index < -0.39 is 5.03 Å². The fraction of sp³-hybridized carbons (Fsp3) is 0.900. The normalized spacial score (nSPS) is 14.1. The number of rotatable bonds is 7. The fourth-order valence-electron chi connectivity index (χ4n) is 1.56. The van der Waals surface area contributed by atoms with Gasteiger partial charge in [-0.25, -0.2) is 10.1 Å². The third kappa shape index (κ3) is 5.67. The van der Waals surface area contributed by atoms with Crippen molar-refractivity contribution in [2.75, 3.05) is 0 Å². The van der Waals surface area contributed by atoms with Crippen molar-refractivity contribution in [3.8, 4) is 0 Å². The van der Waals surface area contributed by atoms with E-state index in [1.165, 1.54) is 12.8 Å². The lowest BCUT2D eigenvalue weighted by molar-refractivity contribution is -0.485. The van der Waals surface area contributed by atoms with Gasteiger partial charge in [0.15, 0.2) is 5.03 Å². The number of unbranched alkanes of at least 4 members (excludes halogenated alkanes) is 2. The largest absolute Gasteiger partial charge is 0.233 e. The summed E-state index contributed by atoms with van der Waals surface area (Å²) in [5, 5.41) is 12.9. The number of hydrogen-bond donors (Lipinski definition) is 0. The van der Waals surface area contributed by atoms with Crippen molar-refractivity contribution in [1.82, 2.24) is 0 Å². The minimum atomic E-state index is -0.599. The highest BCUT2D eigenvalue weighted by atomic mass is 16.7. The van der Waals surface area contributed by atoms with E-state index in [1.54, 1.807) is 6.92 Å². The Hall–Kier alpha value is -0.930. The average Bonchev–Trinajstić information content (AvgIpc) is 2.11.